The topological polar surface area (TPSA) is 19.4 Å². The van der Waals surface area contributed by atoms with Gasteiger partial charge in [-0.25, -0.2) is 4.98 Å². The van der Waals surface area contributed by atoms with Crippen LogP contribution >= 0.6 is 11.3 Å². The fourth-order valence-corrected chi connectivity index (χ4v) is 3.13. The zero-order valence-corrected chi connectivity index (χ0v) is 11.9. The van der Waals surface area contributed by atoms with E-state index in [1.165, 1.54) is 9.78 Å². The third-order valence-electron chi connectivity index (χ3n) is 3.30. The van der Waals surface area contributed by atoms with Crippen molar-refractivity contribution >= 4 is 11.3 Å². The summed E-state index contributed by atoms with van der Waals surface area (Å²) in [5, 5.41) is 1.05. The first-order chi connectivity index (χ1) is 8.83. The minimum atomic E-state index is -4.09. The van der Waals surface area contributed by atoms with E-state index in [9.17, 15) is 13.2 Å². The van der Waals surface area contributed by atoms with Crippen molar-refractivity contribution in [3.8, 4) is 0 Å². The van der Waals surface area contributed by atoms with E-state index in [0.717, 1.165) is 17.2 Å². The van der Waals surface area contributed by atoms with Gasteiger partial charge in [-0.3, -0.25) is 9.80 Å². The number of aryl methyl sites for hydroxylation is 2. The Morgan fingerprint density at radius 3 is 2.16 bits per heavy atom. The summed E-state index contributed by atoms with van der Waals surface area (Å²) < 4.78 is 36.8. The van der Waals surface area contributed by atoms with Crippen molar-refractivity contribution in [1.29, 1.82) is 0 Å². The molecule has 0 unspecified atom stereocenters. The van der Waals surface area contributed by atoms with Crippen molar-refractivity contribution < 1.29 is 13.2 Å². The smallest absolute Gasteiger partial charge is 0.294 e. The minimum Gasteiger partial charge on any atom is -0.294 e. The van der Waals surface area contributed by atoms with E-state index < -0.39 is 12.7 Å². The molecule has 2 rings (SSSR count). The molecule has 0 amide bonds. The molecule has 0 aliphatic carbocycles. The molecule has 3 nitrogen and oxygen atoms in total. The summed E-state index contributed by atoms with van der Waals surface area (Å²) in [4.78, 5) is 9.32. The number of rotatable bonds is 3. The van der Waals surface area contributed by atoms with Crippen LogP contribution in [0.2, 0.25) is 0 Å². The van der Waals surface area contributed by atoms with Crippen LogP contribution in [0.4, 0.5) is 13.2 Å². The van der Waals surface area contributed by atoms with Gasteiger partial charge in [0, 0.05) is 31.1 Å². The Morgan fingerprint density at radius 2 is 1.68 bits per heavy atom. The highest BCUT2D eigenvalue weighted by Crippen LogP contribution is 2.20. The summed E-state index contributed by atoms with van der Waals surface area (Å²) in [6.45, 7) is 6.27. The molecule has 0 bridgehead atoms. The lowest BCUT2D eigenvalue weighted by atomic mass is 10.3. The van der Waals surface area contributed by atoms with Gasteiger partial charge in [-0.2, -0.15) is 13.2 Å². The molecule has 108 valence electrons. The zero-order chi connectivity index (χ0) is 14.0. The molecule has 1 aromatic rings. The summed E-state index contributed by atoms with van der Waals surface area (Å²) in [5.41, 5.74) is 1.05. The van der Waals surface area contributed by atoms with Gasteiger partial charge in [-0.05, 0) is 13.8 Å². The Labute approximate surface area is 115 Å². The quantitative estimate of drug-likeness (QED) is 0.853. The van der Waals surface area contributed by atoms with Crippen LogP contribution in [0, 0.1) is 13.8 Å². The summed E-state index contributed by atoms with van der Waals surface area (Å²) in [5.74, 6) is 0. The van der Waals surface area contributed by atoms with Gasteiger partial charge in [0.15, 0.2) is 0 Å². The number of halogens is 3. The van der Waals surface area contributed by atoms with Crippen LogP contribution in [-0.4, -0.2) is 53.7 Å². The van der Waals surface area contributed by atoms with E-state index in [4.69, 9.17) is 0 Å². The van der Waals surface area contributed by atoms with E-state index in [-0.39, 0.29) is 0 Å². The van der Waals surface area contributed by atoms with Crippen LogP contribution < -0.4 is 0 Å². The fourth-order valence-electron chi connectivity index (χ4n) is 2.16. The van der Waals surface area contributed by atoms with Crippen molar-refractivity contribution in [2.24, 2.45) is 0 Å². The summed E-state index contributed by atoms with van der Waals surface area (Å²) in [6, 6.07) is 0. The first-order valence-electron chi connectivity index (χ1n) is 6.28. The van der Waals surface area contributed by atoms with E-state index >= 15 is 0 Å². The van der Waals surface area contributed by atoms with E-state index in [1.54, 1.807) is 11.3 Å². The number of hydrogen-bond acceptors (Lipinski definition) is 4. The molecule has 1 aliphatic heterocycles. The Bertz CT molecular complexity index is 403. The molecule has 0 atom stereocenters. The van der Waals surface area contributed by atoms with Gasteiger partial charge in [0.25, 0.3) is 0 Å². The predicted molar refractivity (Wildman–Crippen MR) is 69.4 cm³/mol. The van der Waals surface area contributed by atoms with Crippen molar-refractivity contribution in [1.82, 2.24) is 14.8 Å². The summed E-state index contributed by atoms with van der Waals surface area (Å²) in [6.07, 6.45) is -4.09. The summed E-state index contributed by atoms with van der Waals surface area (Å²) >= 11 is 1.67. The molecule has 2 heterocycles. The molecular weight excluding hydrogens is 275 g/mol. The first kappa shape index (κ1) is 14.7. The lowest BCUT2D eigenvalue weighted by molar-refractivity contribution is -0.149. The lowest BCUT2D eigenvalue weighted by Gasteiger charge is -2.34. The molecule has 0 N–H and O–H groups in total. The van der Waals surface area contributed by atoms with Crippen LogP contribution in [-0.2, 0) is 6.54 Å². The molecule has 0 spiro atoms. The molecule has 7 heteroatoms. The maximum absolute atomic E-state index is 12.3. The second kappa shape index (κ2) is 5.76. The Morgan fingerprint density at radius 1 is 1.11 bits per heavy atom. The van der Waals surface area contributed by atoms with Gasteiger partial charge >= 0.3 is 6.18 Å². The normalized spacial score (nSPS) is 19.0. The third-order valence-corrected chi connectivity index (χ3v) is 4.36. The van der Waals surface area contributed by atoms with Crippen LogP contribution in [0.1, 0.15) is 15.6 Å². The molecular formula is C12H18F3N3S. The lowest BCUT2D eigenvalue weighted by Crippen LogP contribution is -2.48. The molecule has 0 saturated carbocycles. The molecule has 0 aromatic carbocycles. The summed E-state index contributed by atoms with van der Waals surface area (Å²) in [7, 11) is 0. The maximum atomic E-state index is 12.3. The number of piperazine rings is 1. The highest BCUT2D eigenvalue weighted by Gasteiger charge is 2.32. The molecule has 1 aliphatic rings. The van der Waals surface area contributed by atoms with Crippen molar-refractivity contribution in [3.05, 3.63) is 15.6 Å². The monoisotopic (exact) mass is 293 g/mol. The fraction of sp³-hybridized carbons (Fsp3) is 0.750. The second-order valence-corrected chi connectivity index (χ2v) is 6.20. The predicted octanol–water partition coefficient (Wildman–Crippen LogP) is 2.44. The average Bonchev–Trinajstić information content (AvgIpc) is 2.59. The molecule has 1 aromatic heterocycles. The average molecular weight is 293 g/mol. The Kier molecular flexibility index (Phi) is 4.47. The Balaban J connectivity index is 1.80. The van der Waals surface area contributed by atoms with E-state index in [2.05, 4.69) is 9.88 Å². The van der Waals surface area contributed by atoms with Crippen LogP contribution in [0.3, 0.4) is 0 Å². The Hall–Kier alpha value is -0.660. The van der Waals surface area contributed by atoms with Crippen molar-refractivity contribution in [3.63, 3.8) is 0 Å². The number of hydrogen-bond donors (Lipinski definition) is 0. The first-order valence-corrected chi connectivity index (χ1v) is 7.09. The molecule has 19 heavy (non-hydrogen) atoms. The highest BCUT2D eigenvalue weighted by atomic mass is 32.1. The van der Waals surface area contributed by atoms with Gasteiger partial charge in [0.1, 0.15) is 5.01 Å². The highest BCUT2D eigenvalue weighted by molar-refractivity contribution is 7.11. The molecule has 1 saturated heterocycles. The number of alkyl halides is 3. The van der Waals surface area contributed by atoms with Crippen LogP contribution in [0.15, 0.2) is 0 Å². The number of nitrogens with zero attached hydrogens (tertiary/aromatic N) is 3. The second-order valence-electron chi connectivity index (χ2n) is 4.92. The molecule has 0 radical (unpaired) electrons. The van der Waals surface area contributed by atoms with Gasteiger partial charge in [-0.15, -0.1) is 11.3 Å². The number of thiazole rings is 1. The van der Waals surface area contributed by atoms with Gasteiger partial charge in [0.05, 0.1) is 18.8 Å². The van der Waals surface area contributed by atoms with E-state index in [1.807, 2.05) is 13.8 Å². The van der Waals surface area contributed by atoms with Gasteiger partial charge in [-0.1, -0.05) is 0 Å². The van der Waals surface area contributed by atoms with E-state index in [0.29, 0.717) is 26.2 Å². The third kappa shape index (κ3) is 4.43. The van der Waals surface area contributed by atoms with Gasteiger partial charge in [0.2, 0.25) is 0 Å². The van der Waals surface area contributed by atoms with Crippen molar-refractivity contribution in [2.75, 3.05) is 32.7 Å². The van der Waals surface area contributed by atoms with Crippen molar-refractivity contribution in [2.45, 2.75) is 26.6 Å². The molecule has 1 fully saturated rings. The van der Waals surface area contributed by atoms with Crippen LogP contribution in [0.25, 0.3) is 0 Å². The maximum Gasteiger partial charge on any atom is 0.401 e. The van der Waals surface area contributed by atoms with Gasteiger partial charge < -0.3 is 0 Å². The minimum absolute atomic E-state index is 0.475. The number of aromatic nitrogens is 1. The standard InChI is InChI=1S/C12H18F3N3S/c1-9-10(2)19-11(16-9)7-17-3-5-18(6-4-17)8-12(13,14)15/h3-8H2,1-2H3. The largest absolute Gasteiger partial charge is 0.401 e. The zero-order valence-electron chi connectivity index (χ0n) is 11.1. The SMILES string of the molecule is Cc1nc(CN2CCN(CC(F)(F)F)CC2)sc1C. The van der Waals surface area contributed by atoms with Crippen LogP contribution in [0.5, 0.6) is 0 Å².